The van der Waals surface area contributed by atoms with Gasteiger partial charge < -0.3 is 23.5 Å². The summed E-state index contributed by atoms with van der Waals surface area (Å²) in [7, 11) is -4.40. The van der Waals surface area contributed by atoms with E-state index < -0.39 is 44.2 Å². The van der Waals surface area contributed by atoms with Crippen molar-refractivity contribution in [1.29, 1.82) is 0 Å². The molecule has 228 valence electrons. The molecule has 0 saturated carbocycles. The monoisotopic (exact) mass is 618 g/mol. The van der Waals surface area contributed by atoms with Crippen molar-refractivity contribution in [1.82, 2.24) is 0 Å². The standard InChI is InChI=1S/C30H35O6S.CH4O3S/c1-29(2,3)35-27(31)20-33-22-12-10-16-25(18-22)37(24-14-8-7-9-15-24)26-17-11-13-23(19-26)34-21-28(32)36-30(4,5)6;1-5(2,3)4/h7-19H,20-21H2,1-6H3;1H3,(H,2,3,4)/q+1;/p-1. The van der Waals surface area contributed by atoms with Crippen LogP contribution < -0.4 is 9.47 Å². The lowest BCUT2D eigenvalue weighted by atomic mass is 10.2. The normalized spacial score (nSPS) is 11.6. The Labute approximate surface area is 251 Å². The molecule has 0 fully saturated rings. The zero-order valence-electron chi connectivity index (χ0n) is 24.9. The number of carbonyl (C=O) groups excluding carboxylic acids is 2. The highest BCUT2D eigenvalue weighted by Crippen LogP contribution is 2.34. The lowest BCUT2D eigenvalue weighted by molar-refractivity contribution is -0.158. The summed E-state index contributed by atoms with van der Waals surface area (Å²) in [4.78, 5) is 27.4. The Morgan fingerprint density at radius 3 is 1.38 bits per heavy atom. The van der Waals surface area contributed by atoms with E-state index >= 15 is 0 Å². The van der Waals surface area contributed by atoms with Crippen LogP contribution in [0.4, 0.5) is 0 Å². The molecule has 3 rings (SSSR count). The van der Waals surface area contributed by atoms with Gasteiger partial charge in [0.1, 0.15) is 22.7 Å². The third kappa shape index (κ3) is 14.4. The second kappa shape index (κ2) is 15.1. The van der Waals surface area contributed by atoms with Gasteiger partial charge in [0.15, 0.2) is 27.9 Å². The third-order valence-electron chi connectivity index (χ3n) is 4.61. The zero-order valence-corrected chi connectivity index (χ0v) is 26.5. The van der Waals surface area contributed by atoms with Crippen LogP contribution in [0.15, 0.2) is 93.5 Å². The van der Waals surface area contributed by atoms with Crippen LogP contribution in [0.1, 0.15) is 41.5 Å². The third-order valence-corrected chi connectivity index (χ3v) is 6.81. The minimum Gasteiger partial charge on any atom is -0.748 e. The summed E-state index contributed by atoms with van der Waals surface area (Å²) in [6.07, 6.45) is 0.604. The smallest absolute Gasteiger partial charge is 0.344 e. The Kier molecular flexibility index (Phi) is 12.4. The van der Waals surface area contributed by atoms with Gasteiger partial charge >= 0.3 is 11.9 Å². The second-order valence-electron chi connectivity index (χ2n) is 11.0. The van der Waals surface area contributed by atoms with Gasteiger partial charge in [-0.3, -0.25) is 0 Å². The van der Waals surface area contributed by atoms with E-state index in [1.165, 1.54) is 0 Å². The van der Waals surface area contributed by atoms with Crippen LogP contribution in [0.25, 0.3) is 0 Å². The maximum absolute atomic E-state index is 12.1. The topological polar surface area (TPSA) is 128 Å². The molecule has 42 heavy (non-hydrogen) atoms. The Bertz CT molecular complexity index is 1340. The van der Waals surface area contributed by atoms with E-state index in [4.69, 9.17) is 31.9 Å². The number of hydrogen-bond acceptors (Lipinski definition) is 9. The fraction of sp³-hybridized carbons (Fsp3) is 0.355. The minimum absolute atomic E-state index is 0.173. The molecule has 0 unspecified atom stereocenters. The predicted octanol–water partition coefficient (Wildman–Crippen LogP) is 5.38. The average molecular weight is 619 g/mol. The SMILES string of the molecule is CC(C)(C)OC(=O)COc1cccc([S+](c2ccccc2)c2cccc(OCC(=O)OC(C)(C)C)c2)c1.CS(=O)(=O)[O-]. The van der Waals surface area contributed by atoms with Crippen molar-refractivity contribution >= 4 is 33.0 Å². The lowest BCUT2D eigenvalue weighted by Gasteiger charge is -2.19. The summed E-state index contributed by atoms with van der Waals surface area (Å²) in [6, 6.07) is 25.5. The molecule has 0 spiro atoms. The van der Waals surface area contributed by atoms with Crippen molar-refractivity contribution in [2.24, 2.45) is 0 Å². The largest absolute Gasteiger partial charge is 0.748 e. The van der Waals surface area contributed by atoms with Crippen molar-refractivity contribution in [2.75, 3.05) is 19.5 Å². The number of hydrogen-bond donors (Lipinski definition) is 0. The highest BCUT2D eigenvalue weighted by atomic mass is 32.2. The number of rotatable bonds is 9. The van der Waals surface area contributed by atoms with Gasteiger partial charge in [0.25, 0.3) is 0 Å². The molecule has 0 amide bonds. The molecule has 0 radical (unpaired) electrons. The van der Waals surface area contributed by atoms with E-state index in [-0.39, 0.29) is 13.2 Å². The zero-order chi connectivity index (χ0) is 31.6. The Hall–Kier alpha value is -3.54. The predicted molar refractivity (Wildman–Crippen MR) is 160 cm³/mol. The molecule has 3 aromatic rings. The Balaban J connectivity index is 0.00000113. The molecule has 0 saturated heterocycles. The van der Waals surface area contributed by atoms with E-state index in [2.05, 4.69) is 12.1 Å². The van der Waals surface area contributed by atoms with Crippen LogP contribution in [-0.2, 0) is 40.1 Å². The van der Waals surface area contributed by atoms with Gasteiger partial charge in [-0.1, -0.05) is 30.3 Å². The van der Waals surface area contributed by atoms with Gasteiger partial charge in [-0.25, -0.2) is 18.0 Å². The minimum atomic E-state index is -3.92. The molecule has 9 nitrogen and oxygen atoms in total. The first kappa shape index (κ1) is 34.7. The molecular formula is C31H38O9S2. The average Bonchev–Trinajstić information content (AvgIpc) is 2.85. The van der Waals surface area contributed by atoms with Gasteiger partial charge in [0.2, 0.25) is 0 Å². The van der Waals surface area contributed by atoms with Crippen molar-refractivity contribution < 1.29 is 41.5 Å². The summed E-state index contributed by atoms with van der Waals surface area (Å²) in [5, 5.41) is 0. The number of carbonyl (C=O) groups is 2. The van der Waals surface area contributed by atoms with Crippen LogP contribution in [0.5, 0.6) is 11.5 Å². The van der Waals surface area contributed by atoms with E-state index in [0.717, 1.165) is 14.7 Å². The number of ether oxygens (including phenoxy) is 4. The van der Waals surface area contributed by atoms with Gasteiger partial charge in [0.05, 0.1) is 21.0 Å². The van der Waals surface area contributed by atoms with Crippen molar-refractivity contribution in [3.8, 4) is 11.5 Å². The van der Waals surface area contributed by atoms with Gasteiger partial charge in [-0.15, -0.1) is 0 Å². The van der Waals surface area contributed by atoms with E-state index in [1.54, 1.807) is 0 Å². The molecule has 0 atom stereocenters. The molecule has 0 N–H and O–H groups in total. The Morgan fingerprint density at radius 1 is 0.667 bits per heavy atom. The number of benzene rings is 3. The first-order chi connectivity index (χ1) is 19.4. The fourth-order valence-electron chi connectivity index (χ4n) is 3.37. The lowest BCUT2D eigenvalue weighted by Crippen LogP contribution is -2.27. The van der Waals surface area contributed by atoms with Crippen LogP contribution in [-0.4, -0.2) is 55.6 Å². The van der Waals surface area contributed by atoms with Crippen LogP contribution in [0.3, 0.4) is 0 Å². The summed E-state index contributed by atoms with van der Waals surface area (Å²) in [6.45, 7) is 10.6. The number of esters is 2. The van der Waals surface area contributed by atoms with Crippen molar-refractivity contribution in [2.45, 2.75) is 67.4 Å². The molecule has 0 aliphatic carbocycles. The highest BCUT2D eigenvalue weighted by molar-refractivity contribution is 7.97. The van der Waals surface area contributed by atoms with Crippen LogP contribution >= 0.6 is 0 Å². The highest BCUT2D eigenvalue weighted by Gasteiger charge is 2.30. The summed E-state index contributed by atoms with van der Waals surface area (Å²) < 4.78 is 49.4. The van der Waals surface area contributed by atoms with E-state index in [1.807, 2.05) is 108 Å². The van der Waals surface area contributed by atoms with Gasteiger partial charge in [-0.05, 0) is 77.9 Å². The van der Waals surface area contributed by atoms with E-state index in [0.29, 0.717) is 17.8 Å². The first-order valence-electron chi connectivity index (χ1n) is 13.0. The van der Waals surface area contributed by atoms with E-state index in [9.17, 15) is 9.59 Å². The maximum atomic E-state index is 12.1. The fourth-order valence-corrected chi connectivity index (χ4v) is 5.52. The van der Waals surface area contributed by atoms with Gasteiger partial charge in [-0.2, -0.15) is 0 Å². The molecule has 3 aromatic carbocycles. The van der Waals surface area contributed by atoms with Crippen molar-refractivity contribution in [3.63, 3.8) is 0 Å². The molecule has 0 aromatic heterocycles. The molecular weight excluding hydrogens is 580 g/mol. The summed E-state index contributed by atoms with van der Waals surface area (Å²) in [5.74, 6) is 0.313. The molecule has 0 aliphatic rings. The van der Waals surface area contributed by atoms with Crippen molar-refractivity contribution in [3.05, 3.63) is 78.9 Å². The van der Waals surface area contributed by atoms with Gasteiger partial charge in [0, 0.05) is 18.4 Å². The Morgan fingerprint density at radius 2 is 1.02 bits per heavy atom. The van der Waals surface area contributed by atoms with Crippen LogP contribution in [0.2, 0.25) is 0 Å². The van der Waals surface area contributed by atoms with Crippen LogP contribution in [0, 0.1) is 0 Å². The quantitative estimate of drug-likeness (QED) is 0.176. The second-order valence-corrected chi connectivity index (χ2v) is 14.5. The first-order valence-corrected chi connectivity index (χ1v) is 16.0. The molecule has 11 heteroatoms. The maximum Gasteiger partial charge on any atom is 0.344 e. The molecule has 0 aliphatic heterocycles. The molecule has 0 heterocycles. The summed E-state index contributed by atoms with van der Waals surface area (Å²) in [5.41, 5.74) is -1.14. The molecule has 0 bridgehead atoms. The summed E-state index contributed by atoms with van der Waals surface area (Å²) >= 11 is 0.